The van der Waals surface area contributed by atoms with Crippen LogP contribution < -0.4 is 5.32 Å². The summed E-state index contributed by atoms with van der Waals surface area (Å²) in [6.45, 7) is 0. The van der Waals surface area contributed by atoms with E-state index in [-0.39, 0.29) is 12.3 Å². The second-order valence-electron chi connectivity index (χ2n) is 6.63. The van der Waals surface area contributed by atoms with Gasteiger partial charge >= 0.3 is 0 Å². The van der Waals surface area contributed by atoms with E-state index >= 15 is 0 Å². The van der Waals surface area contributed by atoms with E-state index in [1.54, 1.807) is 10.9 Å². The number of aromatic nitrogens is 4. The van der Waals surface area contributed by atoms with Gasteiger partial charge in [0.25, 0.3) is 0 Å². The standard InChI is InChI=1S/C19H21N5OS/c25-17(11-14-12-20-24(13-14)16-9-5-2-6-10-16)21-19-23-22-18(26-19)15-7-3-1-4-8-15/h2,5-6,9-10,12-13,15H,1,3-4,7-8,11H2,(H,21,23,25). The van der Waals surface area contributed by atoms with Crippen molar-refractivity contribution < 1.29 is 4.79 Å². The van der Waals surface area contributed by atoms with Gasteiger partial charge in [-0.3, -0.25) is 4.79 Å². The summed E-state index contributed by atoms with van der Waals surface area (Å²) in [5.74, 6) is 0.417. The van der Waals surface area contributed by atoms with Crippen LogP contribution in [-0.2, 0) is 11.2 Å². The summed E-state index contributed by atoms with van der Waals surface area (Å²) in [6.07, 6.45) is 10.1. The van der Waals surface area contributed by atoms with E-state index in [2.05, 4.69) is 20.6 Å². The first-order valence-electron chi connectivity index (χ1n) is 9.00. The van der Waals surface area contributed by atoms with Crippen LogP contribution in [0, 0.1) is 0 Å². The van der Waals surface area contributed by atoms with Gasteiger partial charge in [-0.15, -0.1) is 10.2 Å². The summed E-state index contributed by atoms with van der Waals surface area (Å²) in [6, 6.07) is 9.84. The van der Waals surface area contributed by atoms with Gasteiger partial charge in [0.1, 0.15) is 5.01 Å². The van der Waals surface area contributed by atoms with Crippen molar-refractivity contribution in [2.45, 2.75) is 44.4 Å². The number of hydrogen-bond donors (Lipinski definition) is 1. The molecule has 134 valence electrons. The van der Waals surface area contributed by atoms with E-state index < -0.39 is 0 Å². The van der Waals surface area contributed by atoms with E-state index in [0.29, 0.717) is 11.0 Å². The van der Waals surface area contributed by atoms with E-state index in [1.165, 1.54) is 43.4 Å². The Morgan fingerprint density at radius 2 is 1.96 bits per heavy atom. The van der Waals surface area contributed by atoms with Crippen molar-refractivity contribution >= 4 is 22.4 Å². The Morgan fingerprint density at radius 1 is 1.15 bits per heavy atom. The lowest BCUT2D eigenvalue weighted by molar-refractivity contribution is -0.115. The minimum atomic E-state index is -0.0936. The summed E-state index contributed by atoms with van der Waals surface area (Å²) in [5, 5.41) is 17.3. The number of carbonyl (C=O) groups excluding carboxylic acids is 1. The molecule has 0 spiro atoms. The molecule has 6 nitrogen and oxygen atoms in total. The number of rotatable bonds is 5. The van der Waals surface area contributed by atoms with Crippen molar-refractivity contribution in [3.05, 3.63) is 53.3 Å². The average Bonchev–Trinajstić information content (AvgIpc) is 3.33. The molecule has 1 saturated carbocycles. The zero-order valence-electron chi connectivity index (χ0n) is 14.5. The molecule has 2 heterocycles. The van der Waals surface area contributed by atoms with Gasteiger partial charge in [0, 0.05) is 12.1 Å². The molecular formula is C19H21N5OS. The minimum absolute atomic E-state index is 0.0936. The highest BCUT2D eigenvalue weighted by Crippen LogP contribution is 2.35. The zero-order valence-corrected chi connectivity index (χ0v) is 15.3. The quantitative estimate of drug-likeness (QED) is 0.741. The van der Waals surface area contributed by atoms with Crippen LogP contribution in [-0.4, -0.2) is 25.9 Å². The Hall–Kier alpha value is -2.54. The smallest absolute Gasteiger partial charge is 0.230 e. The molecule has 4 rings (SSSR count). The monoisotopic (exact) mass is 367 g/mol. The fourth-order valence-corrected chi connectivity index (χ4v) is 4.25. The van der Waals surface area contributed by atoms with E-state index in [0.717, 1.165) is 16.3 Å². The van der Waals surface area contributed by atoms with Crippen LogP contribution in [0.1, 0.15) is 48.6 Å². The van der Waals surface area contributed by atoms with Gasteiger partial charge in [0.2, 0.25) is 11.0 Å². The molecule has 1 amide bonds. The number of benzene rings is 1. The highest BCUT2D eigenvalue weighted by molar-refractivity contribution is 7.15. The van der Waals surface area contributed by atoms with Gasteiger partial charge < -0.3 is 5.32 Å². The van der Waals surface area contributed by atoms with Crippen molar-refractivity contribution in [1.29, 1.82) is 0 Å². The summed E-state index contributed by atoms with van der Waals surface area (Å²) in [5.41, 5.74) is 1.84. The fourth-order valence-electron chi connectivity index (χ4n) is 3.32. The molecule has 26 heavy (non-hydrogen) atoms. The third-order valence-electron chi connectivity index (χ3n) is 4.66. The molecule has 1 aliphatic rings. The van der Waals surface area contributed by atoms with Gasteiger partial charge in [-0.2, -0.15) is 5.10 Å². The second-order valence-corrected chi connectivity index (χ2v) is 7.64. The molecule has 0 unspecified atom stereocenters. The Morgan fingerprint density at radius 3 is 2.77 bits per heavy atom. The first kappa shape index (κ1) is 16.9. The van der Waals surface area contributed by atoms with Gasteiger partial charge in [-0.1, -0.05) is 48.8 Å². The summed E-state index contributed by atoms with van der Waals surface area (Å²) in [4.78, 5) is 12.3. The normalized spacial score (nSPS) is 15.1. The minimum Gasteiger partial charge on any atom is -0.300 e. The number of hydrogen-bond acceptors (Lipinski definition) is 5. The van der Waals surface area contributed by atoms with E-state index in [9.17, 15) is 4.79 Å². The average molecular weight is 367 g/mol. The maximum absolute atomic E-state index is 12.3. The fraction of sp³-hybridized carbons (Fsp3) is 0.368. The lowest BCUT2D eigenvalue weighted by Gasteiger charge is -2.18. The highest BCUT2D eigenvalue weighted by atomic mass is 32.1. The SMILES string of the molecule is O=C(Cc1cnn(-c2ccccc2)c1)Nc1nnc(C2CCCCC2)s1. The maximum Gasteiger partial charge on any atom is 0.230 e. The van der Waals surface area contributed by atoms with Crippen molar-refractivity contribution in [2.75, 3.05) is 5.32 Å². The summed E-state index contributed by atoms with van der Waals surface area (Å²) >= 11 is 1.51. The van der Waals surface area contributed by atoms with Crippen LogP contribution in [0.4, 0.5) is 5.13 Å². The van der Waals surface area contributed by atoms with Gasteiger partial charge in [-0.25, -0.2) is 4.68 Å². The van der Waals surface area contributed by atoms with Crippen molar-refractivity contribution in [2.24, 2.45) is 0 Å². The molecule has 0 saturated heterocycles. The highest BCUT2D eigenvalue weighted by Gasteiger charge is 2.20. The molecule has 0 atom stereocenters. The predicted molar refractivity (Wildman–Crippen MR) is 102 cm³/mol. The number of amides is 1. The lowest BCUT2D eigenvalue weighted by atomic mass is 9.90. The van der Waals surface area contributed by atoms with Crippen LogP contribution in [0.15, 0.2) is 42.7 Å². The number of anilines is 1. The lowest BCUT2D eigenvalue weighted by Crippen LogP contribution is -2.13. The largest absolute Gasteiger partial charge is 0.300 e. The molecule has 3 aromatic rings. The van der Waals surface area contributed by atoms with Gasteiger partial charge in [0.15, 0.2) is 0 Å². The molecule has 0 bridgehead atoms. The Kier molecular flexibility index (Phi) is 5.06. The molecule has 2 aromatic heterocycles. The predicted octanol–water partition coefficient (Wildman–Crippen LogP) is 3.95. The molecule has 0 radical (unpaired) electrons. The molecule has 1 aromatic carbocycles. The summed E-state index contributed by atoms with van der Waals surface area (Å²) in [7, 11) is 0. The van der Waals surface area contributed by atoms with Crippen LogP contribution in [0.5, 0.6) is 0 Å². The Bertz CT molecular complexity index is 867. The van der Waals surface area contributed by atoms with Crippen LogP contribution >= 0.6 is 11.3 Å². The molecule has 1 fully saturated rings. The first-order chi connectivity index (χ1) is 12.8. The topological polar surface area (TPSA) is 72.7 Å². The zero-order chi connectivity index (χ0) is 17.8. The first-order valence-corrected chi connectivity index (χ1v) is 9.82. The molecule has 1 aliphatic carbocycles. The molecule has 0 aliphatic heterocycles. The molecule has 1 N–H and O–H groups in total. The van der Waals surface area contributed by atoms with Crippen LogP contribution in [0.25, 0.3) is 5.69 Å². The Labute approximate surface area is 156 Å². The van der Waals surface area contributed by atoms with Crippen LogP contribution in [0.3, 0.4) is 0 Å². The summed E-state index contributed by atoms with van der Waals surface area (Å²) < 4.78 is 1.77. The number of nitrogens with zero attached hydrogens (tertiary/aromatic N) is 4. The number of para-hydroxylation sites is 1. The van der Waals surface area contributed by atoms with Gasteiger partial charge in [0.05, 0.1) is 18.3 Å². The molecular weight excluding hydrogens is 346 g/mol. The molecule has 7 heteroatoms. The Balaban J connectivity index is 1.36. The van der Waals surface area contributed by atoms with E-state index in [1.807, 2.05) is 36.5 Å². The number of nitrogens with one attached hydrogen (secondary N) is 1. The van der Waals surface area contributed by atoms with Crippen molar-refractivity contribution in [3.63, 3.8) is 0 Å². The van der Waals surface area contributed by atoms with Gasteiger partial charge in [-0.05, 0) is 30.5 Å². The van der Waals surface area contributed by atoms with Crippen LogP contribution in [0.2, 0.25) is 0 Å². The number of carbonyl (C=O) groups is 1. The van der Waals surface area contributed by atoms with Crippen molar-refractivity contribution in [1.82, 2.24) is 20.0 Å². The van der Waals surface area contributed by atoms with Crippen molar-refractivity contribution in [3.8, 4) is 5.69 Å². The van der Waals surface area contributed by atoms with E-state index in [4.69, 9.17) is 0 Å². The third kappa shape index (κ3) is 3.99. The third-order valence-corrected chi connectivity index (χ3v) is 5.66. The second kappa shape index (κ2) is 7.78. The maximum atomic E-state index is 12.3.